The Labute approximate surface area is 113 Å². The SMILES string of the molecule is CC(CCN(C)C)Nc1ccc(S(N)(=O)=O)cc1F. The molecule has 0 bridgehead atoms. The van der Waals surface area contributed by atoms with Crippen LogP contribution in [0.15, 0.2) is 23.1 Å². The number of hydrogen-bond acceptors (Lipinski definition) is 4. The van der Waals surface area contributed by atoms with Crippen LogP contribution < -0.4 is 10.5 Å². The van der Waals surface area contributed by atoms with E-state index in [1.165, 1.54) is 12.1 Å². The fourth-order valence-electron chi connectivity index (χ4n) is 1.58. The van der Waals surface area contributed by atoms with Crippen LogP contribution in [-0.4, -0.2) is 40.0 Å². The first-order chi connectivity index (χ1) is 8.70. The Balaban J connectivity index is 2.75. The van der Waals surface area contributed by atoms with Crippen molar-refractivity contribution in [2.75, 3.05) is 26.0 Å². The van der Waals surface area contributed by atoms with Gasteiger partial charge in [-0.1, -0.05) is 0 Å². The predicted octanol–water partition coefficient (Wildman–Crippen LogP) is 1.23. The summed E-state index contributed by atoms with van der Waals surface area (Å²) in [5.74, 6) is -0.622. The number of hydrogen-bond donors (Lipinski definition) is 2. The Morgan fingerprint density at radius 1 is 1.42 bits per heavy atom. The van der Waals surface area contributed by atoms with Crippen LogP contribution in [0.4, 0.5) is 10.1 Å². The zero-order valence-corrected chi connectivity index (χ0v) is 12.2. The Morgan fingerprint density at radius 3 is 2.53 bits per heavy atom. The number of primary sulfonamides is 1. The summed E-state index contributed by atoms with van der Waals surface area (Å²) < 4.78 is 35.9. The number of anilines is 1. The first-order valence-corrected chi connectivity index (χ1v) is 7.48. The Hall–Kier alpha value is -1.18. The quantitative estimate of drug-likeness (QED) is 0.826. The summed E-state index contributed by atoms with van der Waals surface area (Å²) in [7, 11) is 0.0665. The zero-order valence-electron chi connectivity index (χ0n) is 11.4. The van der Waals surface area contributed by atoms with Crippen molar-refractivity contribution in [3.63, 3.8) is 0 Å². The topological polar surface area (TPSA) is 75.4 Å². The van der Waals surface area contributed by atoms with Gasteiger partial charge < -0.3 is 10.2 Å². The summed E-state index contributed by atoms with van der Waals surface area (Å²) in [6.45, 7) is 2.82. The van der Waals surface area contributed by atoms with Crippen LogP contribution in [0.2, 0.25) is 0 Å². The monoisotopic (exact) mass is 289 g/mol. The van der Waals surface area contributed by atoms with Crippen LogP contribution in [0.5, 0.6) is 0 Å². The molecular weight excluding hydrogens is 269 g/mol. The molecule has 0 spiro atoms. The van der Waals surface area contributed by atoms with Gasteiger partial charge in [-0.3, -0.25) is 0 Å². The van der Waals surface area contributed by atoms with Crippen molar-refractivity contribution in [1.29, 1.82) is 0 Å². The van der Waals surface area contributed by atoms with Crippen LogP contribution in [0, 0.1) is 5.82 Å². The smallest absolute Gasteiger partial charge is 0.238 e. The first kappa shape index (κ1) is 15.9. The molecule has 1 atom stereocenters. The molecule has 0 saturated heterocycles. The van der Waals surface area contributed by atoms with E-state index in [9.17, 15) is 12.8 Å². The van der Waals surface area contributed by atoms with E-state index in [2.05, 4.69) is 5.32 Å². The summed E-state index contributed by atoms with van der Waals surface area (Å²) in [6, 6.07) is 3.69. The maximum atomic E-state index is 13.7. The molecule has 0 fully saturated rings. The molecule has 1 unspecified atom stereocenters. The minimum Gasteiger partial charge on any atom is -0.380 e. The maximum absolute atomic E-state index is 13.7. The molecule has 1 rings (SSSR count). The molecule has 0 aliphatic rings. The third kappa shape index (κ3) is 5.14. The van der Waals surface area contributed by atoms with Gasteiger partial charge in [-0.05, 0) is 52.2 Å². The van der Waals surface area contributed by atoms with Crippen molar-refractivity contribution >= 4 is 15.7 Å². The Bertz CT molecular complexity index is 532. The highest BCUT2D eigenvalue weighted by Crippen LogP contribution is 2.19. The molecule has 0 aliphatic carbocycles. The normalized spacial score (nSPS) is 13.6. The van der Waals surface area contributed by atoms with Crippen LogP contribution in [0.1, 0.15) is 13.3 Å². The van der Waals surface area contributed by atoms with Gasteiger partial charge in [-0.15, -0.1) is 0 Å². The molecule has 0 heterocycles. The zero-order chi connectivity index (χ0) is 14.6. The van der Waals surface area contributed by atoms with Gasteiger partial charge in [0.2, 0.25) is 10.0 Å². The molecule has 19 heavy (non-hydrogen) atoms. The van der Waals surface area contributed by atoms with Gasteiger partial charge in [0.1, 0.15) is 5.82 Å². The van der Waals surface area contributed by atoms with E-state index < -0.39 is 15.8 Å². The molecule has 3 N–H and O–H groups in total. The number of nitrogens with one attached hydrogen (secondary N) is 1. The highest BCUT2D eigenvalue weighted by atomic mass is 32.2. The third-order valence-corrected chi connectivity index (χ3v) is 3.59. The molecule has 1 aromatic rings. The third-order valence-electron chi connectivity index (χ3n) is 2.68. The van der Waals surface area contributed by atoms with Crippen molar-refractivity contribution in [1.82, 2.24) is 4.90 Å². The van der Waals surface area contributed by atoms with E-state index in [1.807, 2.05) is 25.9 Å². The maximum Gasteiger partial charge on any atom is 0.238 e. The van der Waals surface area contributed by atoms with Crippen molar-refractivity contribution in [3.05, 3.63) is 24.0 Å². The molecule has 0 aliphatic heterocycles. The second-order valence-corrected chi connectivity index (χ2v) is 6.39. The van der Waals surface area contributed by atoms with Crippen molar-refractivity contribution in [3.8, 4) is 0 Å². The van der Waals surface area contributed by atoms with Crippen molar-refractivity contribution < 1.29 is 12.8 Å². The van der Waals surface area contributed by atoms with Crippen LogP contribution in [-0.2, 0) is 10.0 Å². The molecule has 108 valence electrons. The van der Waals surface area contributed by atoms with Gasteiger partial charge in [-0.25, -0.2) is 17.9 Å². The Morgan fingerprint density at radius 2 is 2.05 bits per heavy atom. The second-order valence-electron chi connectivity index (χ2n) is 4.82. The van der Waals surface area contributed by atoms with Gasteiger partial charge in [0.15, 0.2) is 0 Å². The van der Waals surface area contributed by atoms with E-state index in [1.54, 1.807) is 0 Å². The number of rotatable bonds is 6. The molecule has 0 radical (unpaired) electrons. The summed E-state index contributed by atoms with van der Waals surface area (Å²) in [5, 5.41) is 7.94. The average molecular weight is 289 g/mol. The van der Waals surface area contributed by atoms with E-state index >= 15 is 0 Å². The lowest BCUT2D eigenvalue weighted by Gasteiger charge is -2.18. The molecule has 5 nitrogen and oxygen atoms in total. The highest BCUT2D eigenvalue weighted by molar-refractivity contribution is 7.89. The lowest BCUT2D eigenvalue weighted by Crippen LogP contribution is -2.23. The summed E-state index contributed by atoms with van der Waals surface area (Å²) in [5.41, 5.74) is 0.277. The lowest BCUT2D eigenvalue weighted by molar-refractivity contribution is 0.390. The van der Waals surface area contributed by atoms with E-state index in [-0.39, 0.29) is 16.6 Å². The van der Waals surface area contributed by atoms with Gasteiger partial charge in [0.25, 0.3) is 0 Å². The molecule has 7 heteroatoms. The molecule has 0 saturated carbocycles. The second kappa shape index (κ2) is 6.31. The number of nitrogens with two attached hydrogens (primary N) is 1. The number of halogens is 1. The van der Waals surface area contributed by atoms with Crippen molar-refractivity contribution in [2.45, 2.75) is 24.3 Å². The van der Waals surface area contributed by atoms with Gasteiger partial charge >= 0.3 is 0 Å². The van der Waals surface area contributed by atoms with Crippen LogP contribution in [0.25, 0.3) is 0 Å². The fraction of sp³-hybridized carbons (Fsp3) is 0.500. The summed E-state index contributed by atoms with van der Waals surface area (Å²) >= 11 is 0. The van der Waals surface area contributed by atoms with E-state index in [0.717, 1.165) is 19.0 Å². The minimum absolute atomic E-state index is 0.0808. The van der Waals surface area contributed by atoms with Gasteiger partial charge in [0.05, 0.1) is 10.6 Å². The highest BCUT2D eigenvalue weighted by Gasteiger charge is 2.12. The largest absolute Gasteiger partial charge is 0.380 e. The molecule has 0 aromatic heterocycles. The fourth-order valence-corrected chi connectivity index (χ4v) is 2.10. The van der Waals surface area contributed by atoms with Crippen molar-refractivity contribution in [2.24, 2.45) is 5.14 Å². The standard InChI is InChI=1S/C12H20FN3O2S/c1-9(6-7-16(2)3)15-12-5-4-10(8-11(12)13)19(14,17)18/h4-5,8-9,15H,6-7H2,1-3H3,(H2,14,17,18). The first-order valence-electron chi connectivity index (χ1n) is 5.94. The van der Waals surface area contributed by atoms with E-state index in [0.29, 0.717) is 0 Å². The Kier molecular flexibility index (Phi) is 5.28. The van der Waals surface area contributed by atoms with Gasteiger partial charge in [-0.2, -0.15) is 0 Å². The minimum atomic E-state index is -3.87. The number of sulfonamides is 1. The average Bonchev–Trinajstić information content (AvgIpc) is 2.27. The lowest BCUT2D eigenvalue weighted by atomic mass is 10.2. The van der Waals surface area contributed by atoms with Gasteiger partial charge in [0, 0.05) is 6.04 Å². The molecule has 1 aromatic carbocycles. The molecular formula is C12H20FN3O2S. The molecule has 0 amide bonds. The van der Waals surface area contributed by atoms with Crippen LogP contribution in [0.3, 0.4) is 0 Å². The summed E-state index contributed by atoms with van der Waals surface area (Å²) in [6.07, 6.45) is 0.851. The van der Waals surface area contributed by atoms with Crippen LogP contribution >= 0.6 is 0 Å². The number of benzene rings is 1. The van der Waals surface area contributed by atoms with E-state index in [4.69, 9.17) is 5.14 Å². The summed E-state index contributed by atoms with van der Waals surface area (Å²) in [4.78, 5) is 1.81. The number of nitrogens with zero attached hydrogens (tertiary/aromatic N) is 1. The predicted molar refractivity (Wildman–Crippen MR) is 74.0 cm³/mol.